The van der Waals surface area contributed by atoms with E-state index in [9.17, 15) is 9.59 Å². The molecule has 2 fully saturated rings. The van der Waals surface area contributed by atoms with Gasteiger partial charge >= 0.3 is 0 Å². The summed E-state index contributed by atoms with van der Waals surface area (Å²) in [6.45, 7) is 4.83. The molecule has 3 heterocycles. The minimum atomic E-state index is -0.0752. The Balaban J connectivity index is 1.30. The molecule has 1 aromatic heterocycles. The van der Waals surface area contributed by atoms with Gasteiger partial charge in [-0.1, -0.05) is 19.1 Å². The second-order valence-electron chi connectivity index (χ2n) is 10.2. The van der Waals surface area contributed by atoms with Crippen LogP contribution in [0.2, 0.25) is 0 Å². The van der Waals surface area contributed by atoms with E-state index in [0.717, 1.165) is 68.9 Å². The fraction of sp³-hybridized carbons (Fsp3) is 0.720. The first kappa shape index (κ1) is 20.9. The summed E-state index contributed by atoms with van der Waals surface area (Å²) in [6.07, 6.45) is 14.9. The topological polar surface area (TPSA) is 69.3 Å². The molecule has 2 unspecified atom stereocenters. The first-order valence-corrected chi connectivity index (χ1v) is 12.4. The van der Waals surface area contributed by atoms with Gasteiger partial charge in [0.15, 0.2) is 0 Å². The fourth-order valence-electron chi connectivity index (χ4n) is 6.10. The lowest BCUT2D eigenvalue weighted by molar-refractivity contribution is -0.133. The number of allylic oxidation sites excluding steroid dienone is 2. The highest BCUT2D eigenvalue weighted by atomic mass is 16.2. The van der Waals surface area contributed by atoms with Gasteiger partial charge < -0.3 is 9.88 Å². The Hall–Kier alpha value is -1.95. The molecule has 2 atom stereocenters. The zero-order valence-electron chi connectivity index (χ0n) is 18.8. The van der Waals surface area contributed by atoms with Crippen molar-refractivity contribution in [2.24, 2.45) is 11.8 Å². The molecule has 4 aliphatic rings. The molecule has 31 heavy (non-hydrogen) atoms. The largest absolute Gasteiger partial charge is 0.332 e. The molecule has 1 saturated heterocycles. The third-order valence-corrected chi connectivity index (χ3v) is 8.06. The first-order valence-electron chi connectivity index (χ1n) is 12.4. The molecule has 168 valence electrons. The van der Waals surface area contributed by atoms with Crippen LogP contribution >= 0.6 is 0 Å². The first-order chi connectivity index (χ1) is 15.1. The summed E-state index contributed by atoms with van der Waals surface area (Å²) >= 11 is 0. The molecule has 2 aliphatic carbocycles. The standard InChI is InChI=1S/C25H36N4O2/c1-17-8-10-19(11-9-17)28-14-12-21-20(16-28)25(31)27-24(26-21)22-7-4-13-29(22)23(30)15-18-5-2-3-6-18/h2,5,17-19,22H,3-4,6-16H2,1H3,(H,26,27,31). The molecule has 1 amide bonds. The monoisotopic (exact) mass is 424 g/mol. The summed E-state index contributed by atoms with van der Waals surface area (Å²) in [4.78, 5) is 38.5. The van der Waals surface area contributed by atoms with E-state index < -0.39 is 0 Å². The molecule has 6 nitrogen and oxygen atoms in total. The highest BCUT2D eigenvalue weighted by Crippen LogP contribution is 2.33. The smallest absolute Gasteiger partial charge is 0.255 e. The number of carbonyl (C=O) groups excluding carboxylic acids is 1. The lowest BCUT2D eigenvalue weighted by Crippen LogP contribution is -2.44. The van der Waals surface area contributed by atoms with Gasteiger partial charge in [0.1, 0.15) is 5.82 Å². The SMILES string of the molecule is CC1CCC(N2CCc3nc(C4CCCN4C(=O)CC4C=CCC4)[nH]c(=O)c3C2)CC1. The molecule has 1 saturated carbocycles. The number of hydrogen-bond donors (Lipinski definition) is 1. The van der Waals surface area contributed by atoms with Crippen molar-refractivity contribution in [3.8, 4) is 0 Å². The molecule has 5 rings (SSSR count). The average molecular weight is 425 g/mol. The number of amides is 1. The van der Waals surface area contributed by atoms with E-state index in [1.54, 1.807) is 0 Å². The predicted molar refractivity (Wildman–Crippen MR) is 121 cm³/mol. The van der Waals surface area contributed by atoms with Gasteiger partial charge in [0.2, 0.25) is 5.91 Å². The maximum atomic E-state index is 13.0. The summed E-state index contributed by atoms with van der Waals surface area (Å²) in [5.74, 6) is 2.12. The zero-order valence-corrected chi connectivity index (χ0v) is 18.8. The quantitative estimate of drug-likeness (QED) is 0.748. The van der Waals surface area contributed by atoms with E-state index in [-0.39, 0.29) is 17.5 Å². The van der Waals surface area contributed by atoms with E-state index >= 15 is 0 Å². The number of nitrogens with one attached hydrogen (secondary N) is 1. The lowest BCUT2D eigenvalue weighted by Gasteiger charge is -2.38. The van der Waals surface area contributed by atoms with E-state index in [1.807, 2.05) is 4.90 Å². The van der Waals surface area contributed by atoms with Gasteiger partial charge in [0.25, 0.3) is 5.56 Å². The van der Waals surface area contributed by atoms with Gasteiger partial charge in [-0.25, -0.2) is 4.98 Å². The molecule has 0 bridgehead atoms. The zero-order chi connectivity index (χ0) is 21.4. The van der Waals surface area contributed by atoms with Crippen molar-refractivity contribution in [2.75, 3.05) is 13.1 Å². The molecule has 1 aromatic rings. The number of aromatic nitrogens is 2. The van der Waals surface area contributed by atoms with Crippen LogP contribution in [0, 0.1) is 11.8 Å². The number of rotatable bonds is 4. The fourth-order valence-corrected chi connectivity index (χ4v) is 6.10. The number of hydrogen-bond acceptors (Lipinski definition) is 4. The average Bonchev–Trinajstić information content (AvgIpc) is 3.46. The third-order valence-electron chi connectivity index (χ3n) is 8.06. The van der Waals surface area contributed by atoms with Crippen LogP contribution in [-0.4, -0.2) is 44.8 Å². The predicted octanol–water partition coefficient (Wildman–Crippen LogP) is 3.73. The van der Waals surface area contributed by atoms with Gasteiger partial charge in [0.05, 0.1) is 17.3 Å². The van der Waals surface area contributed by atoms with Crippen molar-refractivity contribution in [1.82, 2.24) is 19.8 Å². The third kappa shape index (κ3) is 4.36. The Morgan fingerprint density at radius 2 is 2.00 bits per heavy atom. The van der Waals surface area contributed by atoms with Crippen molar-refractivity contribution >= 4 is 5.91 Å². The van der Waals surface area contributed by atoms with Crippen molar-refractivity contribution in [1.29, 1.82) is 0 Å². The van der Waals surface area contributed by atoms with Crippen LogP contribution in [0.15, 0.2) is 16.9 Å². The highest BCUT2D eigenvalue weighted by molar-refractivity contribution is 5.77. The summed E-state index contributed by atoms with van der Waals surface area (Å²) in [5.41, 5.74) is 1.81. The highest BCUT2D eigenvalue weighted by Gasteiger charge is 2.34. The Labute approximate surface area is 185 Å². The normalized spacial score (nSPS) is 31.2. The van der Waals surface area contributed by atoms with Crippen molar-refractivity contribution in [3.05, 3.63) is 39.6 Å². The van der Waals surface area contributed by atoms with Crippen molar-refractivity contribution < 1.29 is 4.79 Å². The number of aromatic amines is 1. The van der Waals surface area contributed by atoms with Gasteiger partial charge in [-0.2, -0.15) is 0 Å². The van der Waals surface area contributed by atoms with Crippen LogP contribution in [0.1, 0.15) is 87.8 Å². The van der Waals surface area contributed by atoms with E-state index in [0.29, 0.717) is 24.2 Å². The minimum Gasteiger partial charge on any atom is -0.332 e. The molecule has 6 heteroatoms. The van der Waals surface area contributed by atoms with Crippen LogP contribution in [-0.2, 0) is 17.8 Å². The minimum absolute atomic E-state index is 0.00639. The van der Waals surface area contributed by atoms with Crippen LogP contribution in [0.25, 0.3) is 0 Å². The summed E-state index contributed by atoms with van der Waals surface area (Å²) < 4.78 is 0. The van der Waals surface area contributed by atoms with Gasteiger partial charge in [0, 0.05) is 38.5 Å². The summed E-state index contributed by atoms with van der Waals surface area (Å²) in [7, 11) is 0. The summed E-state index contributed by atoms with van der Waals surface area (Å²) in [5, 5.41) is 0. The Morgan fingerprint density at radius 1 is 1.16 bits per heavy atom. The van der Waals surface area contributed by atoms with E-state index in [1.165, 1.54) is 25.7 Å². The number of H-pyrrole nitrogens is 1. The van der Waals surface area contributed by atoms with Crippen molar-refractivity contribution in [3.63, 3.8) is 0 Å². The van der Waals surface area contributed by atoms with Gasteiger partial charge in [-0.3, -0.25) is 14.5 Å². The number of likely N-dealkylation sites (tertiary alicyclic amines) is 1. The number of carbonyl (C=O) groups is 1. The molecule has 0 aromatic carbocycles. The number of fused-ring (bicyclic) bond motifs is 1. The second kappa shape index (κ2) is 8.89. The van der Waals surface area contributed by atoms with Crippen LogP contribution in [0.5, 0.6) is 0 Å². The Morgan fingerprint density at radius 3 is 2.77 bits per heavy atom. The van der Waals surface area contributed by atoms with E-state index in [2.05, 4.69) is 29.0 Å². The molecular formula is C25H36N4O2. The second-order valence-corrected chi connectivity index (χ2v) is 10.2. The maximum absolute atomic E-state index is 13.0. The van der Waals surface area contributed by atoms with Gasteiger partial charge in [-0.15, -0.1) is 0 Å². The van der Waals surface area contributed by atoms with Crippen molar-refractivity contribution in [2.45, 2.75) is 89.8 Å². The molecule has 1 N–H and O–H groups in total. The molecular weight excluding hydrogens is 388 g/mol. The van der Waals surface area contributed by atoms with E-state index in [4.69, 9.17) is 4.98 Å². The van der Waals surface area contributed by atoms with Gasteiger partial charge in [-0.05, 0) is 63.2 Å². The maximum Gasteiger partial charge on any atom is 0.255 e. The molecule has 0 radical (unpaired) electrons. The molecule has 2 aliphatic heterocycles. The van der Waals surface area contributed by atoms with Crippen LogP contribution in [0.4, 0.5) is 0 Å². The van der Waals surface area contributed by atoms with Crippen LogP contribution < -0.4 is 5.56 Å². The van der Waals surface area contributed by atoms with Crippen LogP contribution in [0.3, 0.4) is 0 Å². The number of nitrogens with zero attached hydrogens (tertiary/aromatic N) is 3. The lowest BCUT2D eigenvalue weighted by atomic mass is 9.86. The molecule has 0 spiro atoms. The summed E-state index contributed by atoms with van der Waals surface area (Å²) in [6, 6.07) is 0.532. The Bertz CT molecular complexity index is 899. The Kier molecular flexibility index (Phi) is 6.00.